The molecule has 7 nitrogen and oxygen atoms in total. The number of aryl methyl sites for hydroxylation is 2. The van der Waals surface area contributed by atoms with Gasteiger partial charge in [-0.2, -0.15) is 10.1 Å². The Bertz CT molecular complexity index is 1130. The van der Waals surface area contributed by atoms with Crippen LogP contribution in [0, 0.1) is 6.92 Å². The van der Waals surface area contributed by atoms with Crippen molar-refractivity contribution < 1.29 is 9.32 Å². The quantitative estimate of drug-likeness (QED) is 0.510. The van der Waals surface area contributed by atoms with Gasteiger partial charge in [0.1, 0.15) is 0 Å². The Morgan fingerprint density at radius 2 is 2.00 bits per heavy atom. The predicted octanol–water partition coefficient (Wildman–Crippen LogP) is 4.46. The van der Waals surface area contributed by atoms with Crippen LogP contribution >= 0.6 is 11.6 Å². The summed E-state index contributed by atoms with van der Waals surface area (Å²) >= 11 is 5.89. The SMILES string of the molecule is Cc1ccnn1-c1cccc(NC(=O)CCc2nc(-c3ccc(Cl)cc3)no2)c1. The Labute approximate surface area is 172 Å². The molecule has 0 atom stereocenters. The molecule has 0 spiro atoms. The van der Waals surface area contributed by atoms with Crippen molar-refractivity contribution in [3.8, 4) is 17.1 Å². The first-order valence-electron chi connectivity index (χ1n) is 9.08. The molecule has 0 aliphatic heterocycles. The highest BCUT2D eigenvalue weighted by Crippen LogP contribution is 2.19. The molecule has 0 aliphatic carbocycles. The molecule has 2 aromatic heterocycles. The van der Waals surface area contributed by atoms with E-state index in [1.165, 1.54) is 0 Å². The molecule has 146 valence electrons. The summed E-state index contributed by atoms with van der Waals surface area (Å²) in [5.74, 6) is 0.746. The third-order valence-electron chi connectivity index (χ3n) is 4.34. The number of benzene rings is 2. The molecule has 0 aliphatic rings. The molecule has 29 heavy (non-hydrogen) atoms. The molecule has 1 amide bonds. The van der Waals surface area contributed by atoms with Gasteiger partial charge in [0.2, 0.25) is 17.6 Å². The van der Waals surface area contributed by atoms with E-state index in [0.29, 0.717) is 28.8 Å². The third kappa shape index (κ3) is 4.52. The minimum absolute atomic E-state index is 0.134. The second-order valence-electron chi connectivity index (χ2n) is 6.50. The Morgan fingerprint density at radius 3 is 2.76 bits per heavy atom. The largest absolute Gasteiger partial charge is 0.339 e. The van der Waals surface area contributed by atoms with Gasteiger partial charge < -0.3 is 9.84 Å². The summed E-state index contributed by atoms with van der Waals surface area (Å²) < 4.78 is 7.06. The Hall–Kier alpha value is -3.45. The summed E-state index contributed by atoms with van der Waals surface area (Å²) in [5.41, 5.74) is 3.41. The van der Waals surface area contributed by atoms with E-state index in [2.05, 4.69) is 20.6 Å². The molecule has 0 saturated heterocycles. The van der Waals surface area contributed by atoms with E-state index in [9.17, 15) is 4.79 Å². The van der Waals surface area contributed by atoms with E-state index >= 15 is 0 Å². The maximum Gasteiger partial charge on any atom is 0.227 e. The highest BCUT2D eigenvalue weighted by molar-refractivity contribution is 6.30. The Morgan fingerprint density at radius 1 is 1.17 bits per heavy atom. The number of carbonyl (C=O) groups is 1. The topological polar surface area (TPSA) is 85.8 Å². The standard InChI is InChI=1S/C21H18ClN5O2/c1-14-11-12-23-27(14)18-4-2-3-17(13-18)24-19(28)9-10-20-25-21(26-29-20)15-5-7-16(22)8-6-15/h2-8,11-13H,9-10H2,1H3,(H,24,28). The molecule has 0 bridgehead atoms. The summed E-state index contributed by atoms with van der Waals surface area (Å²) in [6.45, 7) is 1.97. The van der Waals surface area contributed by atoms with Crippen LogP contribution in [0.1, 0.15) is 18.0 Å². The number of nitrogens with zero attached hydrogens (tertiary/aromatic N) is 4. The van der Waals surface area contributed by atoms with Crippen molar-refractivity contribution in [1.82, 2.24) is 19.9 Å². The minimum Gasteiger partial charge on any atom is -0.339 e. The molecular formula is C21H18ClN5O2. The van der Waals surface area contributed by atoms with E-state index in [1.54, 1.807) is 18.3 Å². The molecule has 0 radical (unpaired) electrons. The Kier molecular flexibility index (Phi) is 5.39. The van der Waals surface area contributed by atoms with Crippen LogP contribution in [-0.4, -0.2) is 25.8 Å². The van der Waals surface area contributed by atoms with Crippen LogP contribution in [-0.2, 0) is 11.2 Å². The maximum atomic E-state index is 12.3. The molecule has 1 N–H and O–H groups in total. The first-order chi connectivity index (χ1) is 14.1. The number of nitrogens with one attached hydrogen (secondary N) is 1. The maximum absolute atomic E-state index is 12.3. The van der Waals surface area contributed by atoms with Crippen molar-refractivity contribution in [2.24, 2.45) is 0 Å². The van der Waals surface area contributed by atoms with Crippen LogP contribution in [0.15, 0.2) is 65.3 Å². The molecule has 2 aromatic carbocycles. The zero-order valence-corrected chi connectivity index (χ0v) is 16.4. The average molecular weight is 408 g/mol. The van der Waals surface area contributed by atoms with E-state index < -0.39 is 0 Å². The molecular weight excluding hydrogens is 390 g/mol. The lowest BCUT2D eigenvalue weighted by atomic mass is 10.2. The van der Waals surface area contributed by atoms with Crippen LogP contribution in [0.2, 0.25) is 5.02 Å². The average Bonchev–Trinajstić information content (AvgIpc) is 3.36. The second kappa shape index (κ2) is 8.28. The van der Waals surface area contributed by atoms with Crippen LogP contribution in [0.4, 0.5) is 5.69 Å². The number of carbonyl (C=O) groups excluding carboxylic acids is 1. The number of hydrogen-bond acceptors (Lipinski definition) is 5. The van der Waals surface area contributed by atoms with Gasteiger partial charge in [-0.1, -0.05) is 22.8 Å². The van der Waals surface area contributed by atoms with E-state index in [4.69, 9.17) is 16.1 Å². The first-order valence-corrected chi connectivity index (χ1v) is 9.46. The predicted molar refractivity (Wildman–Crippen MR) is 110 cm³/mol. The van der Waals surface area contributed by atoms with Gasteiger partial charge in [-0.05, 0) is 55.5 Å². The summed E-state index contributed by atoms with van der Waals surface area (Å²) in [6, 6.07) is 16.6. The zero-order valence-electron chi connectivity index (χ0n) is 15.7. The fourth-order valence-electron chi connectivity index (χ4n) is 2.87. The van der Waals surface area contributed by atoms with Gasteiger partial charge >= 0.3 is 0 Å². The lowest BCUT2D eigenvalue weighted by molar-refractivity contribution is -0.116. The van der Waals surface area contributed by atoms with Gasteiger partial charge in [-0.25, -0.2) is 4.68 Å². The number of aromatic nitrogens is 4. The normalized spacial score (nSPS) is 10.8. The second-order valence-corrected chi connectivity index (χ2v) is 6.94. The van der Waals surface area contributed by atoms with E-state index in [-0.39, 0.29) is 12.3 Å². The molecule has 0 saturated carbocycles. The number of rotatable bonds is 6. The monoisotopic (exact) mass is 407 g/mol. The number of halogens is 1. The fraction of sp³-hybridized carbons (Fsp3) is 0.143. The molecule has 4 rings (SSSR count). The van der Waals surface area contributed by atoms with Crippen molar-refractivity contribution in [1.29, 1.82) is 0 Å². The lowest BCUT2D eigenvalue weighted by Gasteiger charge is -2.08. The van der Waals surface area contributed by atoms with Gasteiger partial charge in [-0.15, -0.1) is 0 Å². The highest BCUT2D eigenvalue weighted by Gasteiger charge is 2.11. The number of anilines is 1. The molecule has 4 aromatic rings. The zero-order chi connectivity index (χ0) is 20.2. The van der Waals surface area contributed by atoms with E-state index in [1.807, 2.05) is 54.1 Å². The summed E-state index contributed by atoms with van der Waals surface area (Å²) in [7, 11) is 0. The van der Waals surface area contributed by atoms with Crippen molar-refractivity contribution >= 4 is 23.2 Å². The molecule has 2 heterocycles. The molecule has 8 heteroatoms. The highest BCUT2D eigenvalue weighted by atomic mass is 35.5. The van der Waals surface area contributed by atoms with E-state index in [0.717, 1.165) is 16.9 Å². The van der Waals surface area contributed by atoms with Gasteiger partial charge in [0.25, 0.3) is 0 Å². The minimum atomic E-state index is -0.134. The third-order valence-corrected chi connectivity index (χ3v) is 4.59. The van der Waals surface area contributed by atoms with Crippen LogP contribution in [0.3, 0.4) is 0 Å². The smallest absolute Gasteiger partial charge is 0.227 e. The van der Waals surface area contributed by atoms with Gasteiger partial charge in [0.15, 0.2) is 0 Å². The number of hydrogen-bond donors (Lipinski definition) is 1. The van der Waals surface area contributed by atoms with Crippen LogP contribution in [0.25, 0.3) is 17.1 Å². The van der Waals surface area contributed by atoms with Crippen molar-refractivity contribution in [3.05, 3.63) is 77.4 Å². The number of amides is 1. The lowest BCUT2D eigenvalue weighted by Crippen LogP contribution is -2.12. The summed E-state index contributed by atoms with van der Waals surface area (Å²) in [5, 5.41) is 11.8. The summed E-state index contributed by atoms with van der Waals surface area (Å²) in [6.07, 6.45) is 2.32. The Balaban J connectivity index is 1.36. The van der Waals surface area contributed by atoms with Crippen molar-refractivity contribution in [2.45, 2.75) is 19.8 Å². The van der Waals surface area contributed by atoms with Crippen LogP contribution < -0.4 is 5.32 Å². The van der Waals surface area contributed by atoms with Crippen molar-refractivity contribution in [2.75, 3.05) is 5.32 Å². The van der Waals surface area contributed by atoms with Gasteiger partial charge in [0, 0.05) is 41.0 Å². The molecule has 0 fully saturated rings. The first kappa shape index (κ1) is 18.9. The van der Waals surface area contributed by atoms with Crippen molar-refractivity contribution in [3.63, 3.8) is 0 Å². The molecule has 0 unspecified atom stereocenters. The fourth-order valence-corrected chi connectivity index (χ4v) is 3.00. The van der Waals surface area contributed by atoms with Gasteiger partial charge in [0.05, 0.1) is 5.69 Å². The van der Waals surface area contributed by atoms with Crippen LogP contribution in [0.5, 0.6) is 0 Å². The summed E-state index contributed by atoms with van der Waals surface area (Å²) in [4.78, 5) is 16.7. The van der Waals surface area contributed by atoms with Gasteiger partial charge in [-0.3, -0.25) is 4.79 Å².